The molecule has 21 heavy (non-hydrogen) atoms. The highest BCUT2D eigenvalue weighted by molar-refractivity contribution is 14.0. The Kier molecular flexibility index (Phi) is 12.4. The standard InChI is InChI=1S/C14H29N3O3.HI/c1-4-15-14(17-11(2)8-19-3)16-7-13(18)10-20-9-12-5-6-12;/h11-13,18H,4-10H2,1-3H3,(H2,15,16,17);1H. The number of aliphatic hydroxyl groups is 1. The fraction of sp³-hybridized carbons (Fsp3) is 0.929. The molecular formula is C14H30IN3O3. The maximum atomic E-state index is 9.82. The van der Waals surface area contributed by atoms with Crippen LogP contribution in [0.2, 0.25) is 0 Å². The summed E-state index contributed by atoms with van der Waals surface area (Å²) in [4.78, 5) is 4.36. The third-order valence-electron chi connectivity index (χ3n) is 2.96. The van der Waals surface area contributed by atoms with Crippen LogP contribution in [0.4, 0.5) is 0 Å². The van der Waals surface area contributed by atoms with E-state index >= 15 is 0 Å². The van der Waals surface area contributed by atoms with Crippen LogP contribution in [0.3, 0.4) is 0 Å². The maximum Gasteiger partial charge on any atom is 0.191 e. The minimum Gasteiger partial charge on any atom is -0.389 e. The summed E-state index contributed by atoms with van der Waals surface area (Å²) < 4.78 is 10.5. The van der Waals surface area contributed by atoms with Crippen LogP contribution in [-0.2, 0) is 9.47 Å². The Bertz CT molecular complexity index is 289. The number of aliphatic imine (C=N–C) groups is 1. The highest BCUT2D eigenvalue weighted by Crippen LogP contribution is 2.28. The predicted molar refractivity (Wildman–Crippen MR) is 95.4 cm³/mol. The molecular weight excluding hydrogens is 385 g/mol. The van der Waals surface area contributed by atoms with Crippen LogP contribution in [-0.4, -0.2) is 63.2 Å². The first-order valence-electron chi connectivity index (χ1n) is 7.45. The lowest BCUT2D eigenvalue weighted by molar-refractivity contribution is 0.0368. The first kappa shape index (κ1) is 20.9. The second-order valence-corrected chi connectivity index (χ2v) is 5.36. The molecule has 0 aromatic carbocycles. The number of nitrogens with one attached hydrogen (secondary N) is 2. The molecule has 1 aliphatic carbocycles. The van der Waals surface area contributed by atoms with Gasteiger partial charge in [0.2, 0.25) is 0 Å². The van der Waals surface area contributed by atoms with Crippen molar-refractivity contribution in [3.05, 3.63) is 0 Å². The lowest BCUT2D eigenvalue weighted by Gasteiger charge is -2.17. The van der Waals surface area contributed by atoms with Gasteiger partial charge in [0, 0.05) is 26.3 Å². The lowest BCUT2D eigenvalue weighted by Crippen LogP contribution is -2.44. The van der Waals surface area contributed by atoms with Crippen LogP contribution < -0.4 is 10.6 Å². The minimum absolute atomic E-state index is 0. The van der Waals surface area contributed by atoms with Gasteiger partial charge in [-0.25, -0.2) is 0 Å². The van der Waals surface area contributed by atoms with Crippen molar-refractivity contribution in [2.75, 3.05) is 40.0 Å². The normalized spacial score (nSPS) is 17.8. The topological polar surface area (TPSA) is 75.1 Å². The van der Waals surface area contributed by atoms with E-state index in [1.165, 1.54) is 12.8 Å². The van der Waals surface area contributed by atoms with Crippen molar-refractivity contribution in [2.45, 2.75) is 38.8 Å². The van der Waals surface area contributed by atoms with Crippen LogP contribution in [0.25, 0.3) is 0 Å². The highest BCUT2D eigenvalue weighted by Gasteiger charge is 2.21. The van der Waals surface area contributed by atoms with Crippen molar-refractivity contribution in [1.29, 1.82) is 0 Å². The molecule has 1 aliphatic rings. The number of hydrogen-bond donors (Lipinski definition) is 3. The fourth-order valence-corrected chi connectivity index (χ4v) is 1.75. The number of rotatable bonds is 10. The van der Waals surface area contributed by atoms with E-state index in [-0.39, 0.29) is 30.0 Å². The quantitative estimate of drug-likeness (QED) is 0.282. The molecule has 3 N–H and O–H groups in total. The Morgan fingerprint density at radius 2 is 2.10 bits per heavy atom. The third kappa shape index (κ3) is 11.1. The van der Waals surface area contributed by atoms with Crippen LogP contribution >= 0.6 is 24.0 Å². The fourth-order valence-electron chi connectivity index (χ4n) is 1.75. The molecule has 1 fully saturated rings. The van der Waals surface area contributed by atoms with Gasteiger partial charge >= 0.3 is 0 Å². The molecule has 0 bridgehead atoms. The lowest BCUT2D eigenvalue weighted by atomic mass is 10.3. The van der Waals surface area contributed by atoms with Gasteiger partial charge in [-0.1, -0.05) is 0 Å². The van der Waals surface area contributed by atoms with Crippen molar-refractivity contribution in [3.63, 3.8) is 0 Å². The molecule has 0 radical (unpaired) electrons. The van der Waals surface area contributed by atoms with Crippen molar-refractivity contribution < 1.29 is 14.6 Å². The first-order valence-corrected chi connectivity index (χ1v) is 7.45. The summed E-state index contributed by atoms with van der Waals surface area (Å²) in [5.74, 6) is 1.41. The van der Waals surface area contributed by atoms with Crippen LogP contribution in [0.15, 0.2) is 4.99 Å². The monoisotopic (exact) mass is 415 g/mol. The van der Waals surface area contributed by atoms with Gasteiger partial charge in [0.15, 0.2) is 5.96 Å². The van der Waals surface area contributed by atoms with Gasteiger partial charge in [-0.2, -0.15) is 0 Å². The molecule has 6 nitrogen and oxygen atoms in total. The van der Waals surface area contributed by atoms with E-state index in [0.29, 0.717) is 25.7 Å². The molecule has 0 aliphatic heterocycles. The number of hydrogen-bond acceptors (Lipinski definition) is 4. The second-order valence-electron chi connectivity index (χ2n) is 5.36. The Morgan fingerprint density at radius 3 is 2.67 bits per heavy atom. The Balaban J connectivity index is 0.00000400. The van der Waals surface area contributed by atoms with E-state index in [1.54, 1.807) is 7.11 Å². The smallest absolute Gasteiger partial charge is 0.191 e. The molecule has 7 heteroatoms. The number of nitrogens with zero attached hydrogens (tertiary/aromatic N) is 1. The minimum atomic E-state index is -0.554. The first-order chi connectivity index (χ1) is 9.65. The Labute approximate surface area is 145 Å². The number of halogens is 1. The van der Waals surface area contributed by atoms with E-state index < -0.39 is 6.10 Å². The molecule has 2 atom stereocenters. The van der Waals surface area contributed by atoms with Gasteiger partial charge in [0.25, 0.3) is 0 Å². The molecule has 0 aromatic heterocycles. The summed E-state index contributed by atoms with van der Waals surface area (Å²) in [6.45, 7) is 6.87. The summed E-state index contributed by atoms with van der Waals surface area (Å²) in [7, 11) is 1.67. The largest absolute Gasteiger partial charge is 0.389 e. The molecule has 0 aromatic rings. The zero-order valence-electron chi connectivity index (χ0n) is 13.3. The zero-order valence-corrected chi connectivity index (χ0v) is 15.6. The average molecular weight is 415 g/mol. The van der Waals surface area contributed by atoms with E-state index in [9.17, 15) is 5.11 Å². The molecule has 2 unspecified atom stereocenters. The molecule has 1 rings (SSSR count). The summed E-state index contributed by atoms with van der Waals surface area (Å²) >= 11 is 0. The number of aliphatic hydroxyl groups excluding tert-OH is 1. The molecule has 0 amide bonds. The summed E-state index contributed by atoms with van der Waals surface area (Å²) in [5.41, 5.74) is 0. The van der Waals surface area contributed by atoms with E-state index in [0.717, 1.165) is 19.1 Å². The molecule has 0 spiro atoms. The Morgan fingerprint density at radius 1 is 1.38 bits per heavy atom. The Hall–Kier alpha value is -0.120. The van der Waals surface area contributed by atoms with Crippen molar-refractivity contribution in [3.8, 4) is 0 Å². The number of guanidine groups is 1. The van der Waals surface area contributed by atoms with Crippen molar-refractivity contribution in [2.24, 2.45) is 10.9 Å². The van der Waals surface area contributed by atoms with Crippen LogP contribution in [0.5, 0.6) is 0 Å². The average Bonchev–Trinajstić information content (AvgIpc) is 3.20. The maximum absolute atomic E-state index is 9.82. The third-order valence-corrected chi connectivity index (χ3v) is 2.96. The molecule has 0 saturated heterocycles. The van der Waals surface area contributed by atoms with Gasteiger partial charge in [0.05, 0.1) is 25.9 Å². The van der Waals surface area contributed by atoms with Gasteiger partial charge in [-0.15, -0.1) is 24.0 Å². The van der Waals surface area contributed by atoms with Gasteiger partial charge in [-0.3, -0.25) is 4.99 Å². The highest BCUT2D eigenvalue weighted by atomic mass is 127. The second kappa shape index (κ2) is 12.4. The molecule has 1 saturated carbocycles. The van der Waals surface area contributed by atoms with E-state index in [2.05, 4.69) is 15.6 Å². The van der Waals surface area contributed by atoms with Crippen molar-refractivity contribution >= 4 is 29.9 Å². The van der Waals surface area contributed by atoms with Crippen molar-refractivity contribution in [1.82, 2.24) is 10.6 Å². The summed E-state index contributed by atoms with van der Waals surface area (Å²) in [5, 5.41) is 16.2. The molecule has 0 heterocycles. The van der Waals surface area contributed by atoms with E-state index in [1.807, 2.05) is 13.8 Å². The van der Waals surface area contributed by atoms with Gasteiger partial charge in [-0.05, 0) is 32.6 Å². The SMILES string of the molecule is CCNC(=NCC(O)COCC1CC1)NC(C)COC.I. The summed E-state index contributed by atoms with van der Waals surface area (Å²) in [6.07, 6.45) is 1.97. The zero-order chi connectivity index (χ0) is 14.8. The van der Waals surface area contributed by atoms with E-state index in [4.69, 9.17) is 9.47 Å². The van der Waals surface area contributed by atoms with Gasteiger partial charge < -0.3 is 25.2 Å². The van der Waals surface area contributed by atoms with Gasteiger partial charge in [0.1, 0.15) is 0 Å². The number of ether oxygens (including phenoxy) is 2. The van der Waals surface area contributed by atoms with Crippen LogP contribution in [0, 0.1) is 5.92 Å². The predicted octanol–water partition coefficient (Wildman–Crippen LogP) is 0.982. The van der Waals surface area contributed by atoms with Crippen LogP contribution in [0.1, 0.15) is 26.7 Å². The molecule has 126 valence electrons. The number of methoxy groups -OCH3 is 1. The summed E-state index contributed by atoms with van der Waals surface area (Å²) in [6, 6.07) is 0.168.